The first kappa shape index (κ1) is 21.3. The summed E-state index contributed by atoms with van der Waals surface area (Å²) in [5, 5.41) is 12.5. The molecule has 7 heteroatoms. The molecule has 7 nitrogen and oxygen atoms in total. The molecule has 3 N–H and O–H groups in total. The van der Waals surface area contributed by atoms with Gasteiger partial charge >= 0.3 is 5.97 Å². The quantitative estimate of drug-likeness (QED) is 0.707. The van der Waals surface area contributed by atoms with Gasteiger partial charge in [0.15, 0.2) is 0 Å². The summed E-state index contributed by atoms with van der Waals surface area (Å²) in [6.45, 7) is 8.94. The number of aliphatic carboxylic acids is 1. The number of H-pyrrole nitrogens is 1. The van der Waals surface area contributed by atoms with Crippen molar-refractivity contribution in [2.45, 2.75) is 51.9 Å². The molecule has 0 aliphatic rings. The third-order valence-corrected chi connectivity index (χ3v) is 4.93. The predicted molar refractivity (Wildman–Crippen MR) is 107 cm³/mol. The van der Waals surface area contributed by atoms with Crippen LogP contribution in [0.5, 0.6) is 0 Å². The second kappa shape index (κ2) is 7.96. The van der Waals surface area contributed by atoms with E-state index in [1.54, 1.807) is 44.2 Å². The maximum atomic E-state index is 12.7. The zero-order valence-corrected chi connectivity index (χ0v) is 16.9. The summed E-state index contributed by atoms with van der Waals surface area (Å²) >= 11 is 0. The first-order chi connectivity index (χ1) is 13.0. The highest BCUT2D eigenvalue weighted by atomic mass is 16.4. The third kappa shape index (κ3) is 4.13. The van der Waals surface area contributed by atoms with Crippen LogP contribution in [0.1, 0.15) is 61.6 Å². The van der Waals surface area contributed by atoms with E-state index >= 15 is 0 Å². The smallest absolute Gasteiger partial charge is 0.315 e. The maximum Gasteiger partial charge on any atom is 0.315 e. The van der Waals surface area contributed by atoms with E-state index in [0.717, 1.165) is 0 Å². The Bertz CT molecular complexity index is 929. The lowest BCUT2D eigenvalue weighted by molar-refractivity contribution is -0.143. The van der Waals surface area contributed by atoms with Gasteiger partial charge in [0.2, 0.25) is 0 Å². The van der Waals surface area contributed by atoms with E-state index in [-0.39, 0.29) is 23.9 Å². The van der Waals surface area contributed by atoms with Crippen LogP contribution in [-0.4, -0.2) is 33.5 Å². The molecule has 2 rings (SSSR count). The number of nitrogens with one attached hydrogen (secondary N) is 2. The largest absolute Gasteiger partial charge is 0.481 e. The number of carbonyl (C=O) groups excluding carboxylic acids is 1. The fourth-order valence-corrected chi connectivity index (χ4v) is 3.07. The average molecular weight is 385 g/mol. The van der Waals surface area contributed by atoms with Crippen LogP contribution in [0.4, 0.5) is 0 Å². The van der Waals surface area contributed by atoms with E-state index < -0.39 is 22.9 Å². The van der Waals surface area contributed by atoms with Gasteiger partial charge in [-0.2, -0.15) is 0 Å². The number of amides is 1. The number of carboxylic acid groups (broad SMARTS) is 1. The van der Waals surface area contributed by atoms with E-state index in [1.807, 2.05) is 20.8 Å². The van der Waals surface area contributed by atoms with Crippen molar-refractivity contribution in [3.05, 3.63) is 63.3 Å². The molecule has 0 fully saturated rings. The lowest BCUT2D eigenvalue weighted by Crippen LogP contribution is -2.47. The van der Waals surface area contributed by atoms with Gasteiger partial charge < -0.3 is 15.4 Å². The average Bonchev–Trinajstić information content (AvgIpc) is 2.62. The van der Waals surface area contributed by atoms with Crippen molar-refractivity contribution >= 4 is 11.9 Å². The molecule has 0 bridgehead atoms. The van der Waals surface area contributed by atoms with Crippen molar-refractivity contribution < 1.29 is 14.7 Å². The molecule has 2 aromatic rings. The van der Waals surface area contributed by atoms with Crippen LogP contribution < -0.4 is 10.9 Å². The molecule has 1 amide bonds. The normalized spacial score (nSPS) is 13.6. The molecule has 1 aromatic carbocycles. The summed E-state index contributed by atoms with van der Waals surface area (Å²) in [7, 11) is 0. The van der Waals surface area contributed by atoms with Gasteiger partial charge in [0.1, 0.15) is 16.8 Å². The Kier molecular flexibility index (Phi) is 6.07. The van der Waals surface area contributed by atoms with Gasteiger partial charge in [0, 0.05) is 12.0 Å². The molecule has 28 heavy (non-hydrogen) atoms. The number of rotatable bonds is 6. The molecule has 150 valence electrons. The van der Waals surface area contributed by atoms with Crippen LogP contribution in [-0.2, 0) is 15.6 Å². The van der Waals surface area contributed by atoms with Crippen molar-refractivity contribution in [3.8, 4) is 0 Å². The summed E-state index contributed by atoms with van der Waals surface area (Å²) in [5.74, 6) is -1.18. The van der Waals surface area contributed by atoms with E-state index in [9.17, 15) is 19.5 Å². The van der Waals surface area contributed by atoms with Crippen molar-refractivity contribution in [2.24, 2.45) is 0 Å². The Balaban J connectivity index is 2.34. The molecule has 0 saturated heterocycles. The lowest BCUT2D eigenvalue weighted by atomic mass is 9.78. The molecule has 0 aliphatic carbocycles. The van der Waals surface area contributed by atoms with Gasteiger partial charge in [0.25, 0.3) is 11.5 Å². The fraction of sp³-hybridized carbons (Fsp3) is 0.429. The van der Waals surface area contributed by atoms with Crippen LogP contribution in [0, 0.1) is 6.92 Å². The number of aromatic amines is 1. The molecule has 0 spiro atoms. The van der Waals surface area contributed by atoms with Crippen LogP contribution in [0.3, 0.4) is 0 Å². The zero-order valence-electron chi connectivity index (χ0n) is 16.9. The first-order valence-corrected chi connectivity index (χ1v) is 9.21. The lowest BCUT2D eigenvalue weighted by Gasteiger charge is -2.29. The van der Waals surface area contributed by atoms with Gasteiger partial charge in [-0.3, -0.25) is 14.4 Å². The number of hydrogen-bond donors (Lipinski definition) is 3. The number of hydrogen-bond acceptors (Lipinski definition) is 4. The molecule has 0 saturated carbocycles. The Hall–Kier alpha value is -2.96. The fourth-order valence-electron chi connectivity index (χ4n) is 3.07. The number of nitrogens with zero attached hydrogens (tertiary/aromatic N) is 1. The molecule has 1 atom stereocenters. The molecule has 1 heterocycles. The van der Waals surface area contributed by atoms with Gasteiger partial charge in [-0.1, -0.05) is 58.0 Å². The summed E-state index contributed by atoms with van der Waals surface area (Å²) < 4.78 is 0. The first-order valence-electron chi connectivity index (χ1n) is 9.21. The van der Waals surface area contributed by atoms with Crippen LogP contribution in [0.2, 0.25) is 0 Å². The van der Waals surface area contributed by atoms with Crippen LogP contribution >= 0.6 is 0 Å². The Labute approximate surface area is 164 Å². The minimum Gasteiger partial charge on any atom is -0.481 e. The summed E-state index contributed by atoms with van der Waals surface area (Å²) in [4.78, 5) is 44.2. The summed E-state index contributed by atoms with van der Waals surface area (Å²) in [6.07, 6.45) is 0.281. The summed E-state index contributed by atoms with van der Waals surface area (Å²) in [5.41, 5.74) is -1.38. The van der Waals surface area contributed by atoms with Crippen LogP contribution in [0.25, 0.3) is 0 Å². The minimum atomic E-state index is -1.28. The third-order valence-electron chi connectivity index (χ3n) is 4.93. The predicted octanol–water partition coefficient (Wildman–Crippen LogP) is 2.54. The van der Waals surface area contributed by atoms with E-state index in [1.165, 1.54) is 0 Å². The summed E-state index contributed by atoms with van der Waals surface area (Å²) in [6, 6.07) is 8.77. The van der Waals surface area contributed by atoms with Crippen molar-refractivity contribution in [2.75, 3.05) is 6.54 Å². The molecular formula is C21H27N3O4. The topological polar surface area (TPSA) is 112 Å². The van der Waals surface area contributed by atoms with Gasteiger partial charge in [0.05, 0.1) is 5.69 Å². The SMILES string of the molecule is CCC(CNC(=O)c1c(C)nc(C(C)(C)C)[nH]c1=O)(C(=O)O)c1ccccc1. The molecule has 1 aromatic heterocycles. The number of aromatic nitrogens is 2. The molecule has 0 aliphatic heterocycles. The van der Waals surface area contributed by atoms with E-state index in [4.69, 9.17) is 0 Å². The number of benzene rings is 1. The van der Waals surface area contributed by atoms with Crippen molar-refractivity contribution in [1.82, 2.24) is 15.3 Å². The number of carbonyl (C=O) groups is 2. The Morgan fingerprint density at radius 2 is 1.79 bits per heavy atom. The van der Waals surface area contributed by atoms with E-state index in [2.05, 4.69) is 15.3 Å². The zero-order chi connectivity index (χ0) is 21.1. The molecule has 0 radical (unpaired) electrons. The molecule has 1 unspecified atom stereocenters. The van der Waals surface area contributed by atoms with Crippen molar-refractivity contribution in [3.63, 3.8) is 0 Å². The van der Waals surface area contributed by atoms with Gasteiger partial charge in [-0.25, -0.2) is 4.98 Å². The van der Waals surface area contributed by atoms with Crippen molar-refractivity contribution in [1.29, 1.82) is 0 Å². The van der Waals surface area contributed by atoms with Crippen LogP contribution in [0.15, 0.2) is 35.1 Å². The highest BCUT2D eigenvalue weighted by Crippen LogP contribution is 2.28. The number of carboxylic acids is 1. The number of aryl methyl sites for hydroxylation is 1. The monoisotopic (exact) mass is 385 g/mol. The van der Waals surface area contributed by atoms with Gasteiger partial charge in [-0.15, -0.1) is 0 Å². The standard InChI is InChI=1S/C21H27N3O4/c1-6-21(19(27)28,14-10-8-7-9-11-14)12-22-16(25)15-13(2)23-18(20(3,4)5)24-17(15)26/h7-11H,6,12H2,1-5H3,(H,22,25)(H,27,28)(H,23,24,26). The highest BCUT2D eigenvalue weighted by Gasteiger charge is 2.39. The minimum absolute atomic E-state index is 0.101. The Morgan fingerprint density at radius 1 is 1.18 bits per heavy atom. The Morgan fingerprint density at radius 3 is 2.25 bits per heavy atom. The highest BCUT2D eigenvalue weighted by molar-refractivity contribution is 5.95. The van der Waals surface area contributed by atoms with Gasteiger partial charge in [-0.05, 0) is 18.9 Å². The second-order valence-electron chi connectivity index (χ2n) is 7.91. The molecular weight excluding hydrogens is 358 g/mol. The second-order valence-corrected chi connectivity index (χ2v) is 7.91. The van der Waals surface area contributed by atoms with E-state index in [0.29, 0.717) is 17.1 Å². The maximum absolute atomic E-state index is 12.7.